The average molecular weight is 422 g/mol. The molecule has 0 spiro atoms. The first-order valence-corrected chi connectivity index (χ1v) is 10.2. The lowest BCUT2D eigenvalue weighted by atomic mass is 9.94. The second-order valence-corrected chi connectivity index (χ2v) is 7.65. The molecular formula is C23H26N4O4. The fourth-order valence-corrected chi connectivity index (χ4v) is 3.81. The monoisotopic (exact) mass is 422 g/mol. The molecular weight excluding hydrogens is 396 g/mol. The van der Waals surface area contributed by atoms with Gasteiger partial charge in [-0.1, -0.05) is 18.6 Å². The van der Waals surface area contributed by atoms with Crippen molar-refractivity contribution in [1.29, 1.82) is 0 Å². The first-order chi connectivity index (χ1) is 14.8. The zero-order valence-corrected chi connectivity index (χ0v) is 17.5. The van der Waals surface area contributed by atoms with Gasteiger partial charge in [0.15, 0.2) is 0 Å². The molecule has 1 fully saturated rings. The van der Waals surface area contributed by atoms with Crippen molar-refractivity contribution in [3.05, 3.63) is 48.5 Å². The molecule has 1 aliphatic rings. The Balaban J connectivity index is 1.65. The summed E-state index contributed by atoms with van der Waals surface area (Å²) in [5.41, 5.74) is 2.30. The molecule has 8 nitrogen and oxygen atoms in total. The molecule has 0 radical (unpaired) electrons. The Morgan fingerprint density at radius 3 is 1.35 bits per heavy atom. The normalized spacial score (nSPS) is 17.5. The summed E-state index contributed by atoms with van der Waals surface area (Å²) < 4.78 is 0. The van der Waals surface area contributed by atoms with Crippen LogP contribution >= 0.6 is 0 Å². The van der Waals surface area contributed by atoms with Gasteiger partial charge in [0.25, 0.3) is 0 Å². The Bertz CT molecular complexity index is 925. The highest BCUT2D eigenvalue weighted by Gasteiger charge is 2.37. The lowest BCUT2D eigenvalue weighted by Gasteiger charge is -2.19. The van der Waals surface area contributed by atoms with Crippen LogP contribution < -0.4 is 21.3 Å². The van der Waals surface area contributed by atoms with Crippen LogP contribution in [0.3, 0.4) is 0 Å². The number of hydrogen-bond donors (Lipinski definition) is 4. The number of carbonyl (C=O) groups is 4. The van der Waals surface area contributed by atoms with Gasteiger partial charge < -0.3 is 21.3 Å². The number of nitrogens with one attached hydrogen (secondary N) is 4. The fourth-order valence-electron chi connectivity index (χ4n) is 3.81. The summed E-state index contributed by atoms with van der Waals surface area (Å²) in [5.74, 6) is -1.71. The van der Waals surface area contributed by atoms with Crippen molar-refractivity contribution in [3.8, 4) is 0 Å². The molecule has 2 aromatic carbocycles. The molecule has 0 aliphatic heterocycles. The highest BCUT2D eigenvalue weighted by atomic mass is 16.2. The minimum atomic E-state index is -0.442. The predicted octanol–water partition coefficient (Wildman–Crippen LogP) is 3.60. The van der Waals surface area contributed by atoms with Crippen molar-refractivity contribution in [3.63, 3.8) is 0 Å². The number of anilines is 4. The molecule has 2 aromatic rings. The lowest BCUT2D eigenvalue weighted by Crippen LogP contribution is -2.33. The SMILES string of the molecule is CC(=O)Nc1cccc(NC(=O)C2CCCC2C(=O)Nc2cccc(NC(C)=O)c2)c1. The predicted molar refractivity (Wildman–Crippen MR) is 120 cm³/mol. The molecule has 4 amide bonds. The third-order valence-corrected chi connectivity index (χ3v) is 5.09. The van der Waals surface area contributed by atoms with Gasteiger partial charge in [-0.05, 0) is 49.2 Å². The van der Waals surface area contributed by atoms with Crippen LogP contribution in [0.2, 0.25) is 0 Å². The van der Waals surface area contributed by atoms with E-state index in [4.69, 9.17) is 0 Å². The number of carbonyl (C=O) groups excluding carboxylic acids is 4. The number of amides is 4. The molecule has 1 saturated carbocycles. The third kappa shape index (κ3) is 6.15. The number of benzene rings is 2. The van der Waals surface area contributed by atoms with Gasteiger partial charge in [-0.2, -0.15) is 0 Å². The Morgan fingerprint density at radius 1 is 0.645 bits per heavy atom. The number of rotatable bonds is 6. The maximum Gasteiger partial charge on any atom is 0.228 e. The van der Waals surface area contributed by atoms with Gasteiger partial charge >= 0.3 is 0 Å². The molecule has 0 bridgehead atoms. The second-order valence-electron chi connectivity index (χ2n) is 7.65. The van der Waals surface area contributed by atoms with Crippen LogP contribution in [0.15, 0.2) is 48.5 Å². The summed E-state index contributed by atoms with van der Waals surface area (Å²) in [7, 11) is 0. The van der Waals surface area contributed by atoms with E-state index in [1.54, 1.807) is 48.5 Å². The molecule has 8 heteroatoms. The van der Waals surface area contributed by atoms with E-state index in [0.29, 0.717) is 35.6 Å². The van der Waals surface area contributed by atoms with Gasteiger partial charge in [0.05, 0.1) is 0 Å². The van der Waals surface area contributed by atoms with Crippen LogP contribution in [0.4, 0.5) is 22.7 Å². The van der Waals surface area contributed by atoms with E-state index >= 15 is 0 Å². The van der Waals surface area contributed by atoms with Crippen molar-refractivity contribution in [1.82, 2.24) is 0 Å². The molecule has 0 aromatic heterocycles. The Labute approximate surface area is 180 Å². The lowest BCUT2D eigenvalue weighted by molar-refractivity contribution is -0.128. The van der Waals surface area contributed by atoms with Gasteiger partial charge in [0, 0.05) is 48.4 Å². The molecule has 2 unspecified atom stereocenters. The second kappa shape index (κ2) is 9.88. The van der Waals surface area contributed by atoms with Crippen molar-refractivity contribution < 1.29 is 19.2 Å². The molecule has 0 saturated heterocycles. The zero-order chi connectivity index (χ0) is 22.4. The van der Waals surface area contributed by atoms with Crippen LogP contribution in [0.5, 0.6) is 0 Å². The van der Waals surface area contributed by atoms with Gasteiger partial charge in [-0.3, -0.25) is 19.2 Å². The summed E-state index contributed by atoms with van der Waals surface area (Å²) in [6, 6.07) is 13.8. The third-order valence-electron chi connectivity index (χ3n) is 5.09. The van der Waals surface area contributed by atoms with Crippen LogP contribution in [-0.2, 0) is 19.2 Å². The van der Waals surface area contributed by atoms with E-state index < -0.39 is 11.8 Å². The van der Waals surface area contributed by atoms with Gasteiger partial charge in [-0.25, -0.2) is 0 Å². The maximum absolute atomic E-state index is 12.9. The summed E-state index contributed by atoms with van der Waals surface area (Å²) in [4.78, 5) is 48.2. The Kier molecular flexibility index (Phi) is 7.02. The topological polar surface area (TPSA) is 116 Å². The fraction of sp³-hybridized carbons (Fsp3) is 0.304. The van der Waals surface area contributed by atoms with E-state index in [1.807, 2.05) is 0 Å². The summed E-state index contributed by atoms with van der Waals surface area (Å²) in [6.45, 7) is 2.83. The van der Waals surface area contributed by atoms with Crippen LogP contribution in [-0.4, -0.2) is 23.6 Å². The van der Waals surface area contributed by atoms with Crippen molar-refractivity contribution >= 4 is 46.4 Å². The van der Waals surface area contributed by atoms with Gasteiger partial charge in [0.1, 0.15) is 0 Å². The van der Waals surface area contributed by atoms with Crippen LogP contribution in [0.1, 0.15) is 33.1 Å². The summed E-state index contributed by atoms with van der Waals surface area (Å²) in [5, 5.41) is 11.1. The van der Waals surface area contributed by atoms with E-state index in [-0.39, 0.29) is 23.6 Å². The van der Waals surface area contributed by atoms with Crippen molar-refractivity contribution in [2.75, 3.05) is 21.3 Å². The summed E-state index contributed by atoms with van der Waals surface area (Å²) >= 11 is 0. The molecule has 4 N–H and O–H groups in total. The first-order valence-electron chi connectivity index (χ1n) is 10.2. The van der Waals surface area contributed by atoms with E-state index in [1.165, 1.54) is 13.8 Å². The van der Waals surface area contributed by atoms with Crippen LogP contribution in [0, 0.1) is 11.8 Å². The summed E-state index contributed by atoms with van der Waals surface area (Å²) in [6.07, 6.45) is 2.04. The zero-order valence-electron chi connectivity index (χ0n) is 17.5. The van der Waals surface area contributed by atoms with Gasteiger partial charge in [0.2, 0.25) is 23.6 Å². The van der Waals surface area contributed by atoms with E-state index in [0.717, 1.165) is 6.42 Å². The smallest absolute Gasteiger partial charge is 0.228 e. The largest absolute Gasteiger partial charge is 0.326 e. The highest BCUT2D eigenvalue weighted by molar-refractivity contribution is 6.01. The first kappa shape index (κ1) is 22.0. The number of hydrogen-bond acceptors (Lipinski definition) is 4. The molecule has 3 rings (SSSR count). The Hall–Kier alpha value is -3.68. The minimum Gasteiger partial charge on any atom is -0.326 e. The average Bonchev–Trinajstić information content (AvgIpc) is 3.17. The quantitative estimate of drug-likeness (QED) is 0.569. The highest BCUT2D eigenvalue weighted by Crippen LogP contribution is 2.34. The minimum absolute atomic E-state index is 0.196. The molecule has 0 heterocycles. The Morgan fingerprint density at radius 2 is 1.00 bits per heavy atom. The van der Waals surface area contributed by atoms with Crippen molar-refractivity contribution in [2.24, 2.45) is 11.8 Å². The van der Waals surface area contributed by atoms with Crippen LogP contribution in [0.25, 0.3) is 0 Å². The van der Waals surface area contributed by atoms with Crippen molar-refractivity contribution in [2.45, 2.75) is 33.1 Å². The molecule has 1 aliphatic carbocycles. The molecule has 2 atom stereocenters. The molecule has 162 valence electrons. The van der Waals surface area contributed by atoms with E-state index in [2.05, 4.69) is 21.3 Å². The standard InChI is InChI=1S/C23H26N4O4/c1-14(28)24-16-6-3-8-18(12-16)26-22(30)20-10-5-11-21(20)23(31)27-19-9-4-7-17(13-19)25-15(2)29/h3-4,6-9,12-13,20-21H,5,10-11H2,1-2H3,(H,24,28)(H,25,29)(H,26,30)(H,27,31). The molecule has 31 heavy (non-hydrogen) atoms. The maximum atomic E-state index is 12.9. The van der Waals surface area contributed by atoms with E-state index in [9.17, 15) is 19.2 Å². The van der Waals surface area contributed by atoms with Gasteiger partial charge in [-0.15, -0.1) is 0 Å².